The highest BCUT2D eigenvalue weighted by atomic mass is 16.5. The number of rotatable bonds is 3. The molecule has 0 radical (unpaired) electrons. The standard InChI is InChI=1S/C12H18N6O2/c1-6-3-8(4-7(2)19-6)20-11-9-5-14-18-10(9)15-12(16-11)17-13/h5-8H,3-4,13H2,1-2H3,(H2,14,15,16,17,18). The summed E-state index contributed by atoms with van der Waals surface area (Å²) in [6, 6.07) is 0. The number of aromatic nitrogens is 4. The van der Waals surface area contributed by atoms with Gasteiger partial charge in [0, 0.05) is 12.8 Å². The number of nitrogens with two attached hydrogens (primary N) is 1. The maximum absolute atomic E-state index is 6.02. The highest BCUT2D eigenvalue weighted by Crippen LogP contribution is 2.27. The zero-order chi connectivity index (χ0) is 14.1. The van der Waals surface area contributed by atoms with E-state index in [1.54, 1.807) is 6.20 Å². The van der Waals surface area contributed by atoms with Crippen molar-refractivity contribution >= 4 is 17.0 Å². The topological polar surface area (TPSA) is 111 Å². The van der Waals surface area contributed by atoms with Crippen LogP contribution in [0.5, 0.6) is 5.88 Å². The number of hydrazine groups is 1. The van der Waals surface area contributed by atoms with Crippen LogP contribution in [0.4, 0.5) is 5.95 Å². The van der Waals surface area contributed by atoms with E-state index in [4.69, 9.17) is 15.3 Å². The van der Waals surface area contributed by atoms with E-state index in [0.29, 0.717) is 17.5 Å². The van der Waals surface area contributed by atoms with Crippen molar-refractivity contribution in [2.24, 2.45) is 5.84 Å². The lowest BCUT2D eigenvalue weighted by molar-refractivity contribution is -0.0726. The normalized spacial score (nSPS) is 26.6. The number of H-pyrrole nitrogens is 1. The van der Waals surface area contributed by atoms with Crippen molar-refractivity contribution in [1.82, 2.24) is 20.2 Å². The van der Waals surface area contributed by atoms with Crippen LogP contribution >= 0.6 is 0 Å². The number of ether oxygens (including phenoxy) is 2. The van der Waals surface area contributed by atoms with E-state index in [1.165, 1.54) is 0 Å². The van der Waals surface area contributed by atoms with E-state index in [2.05, 4.69) is 25.6 Å². The van der Waals surface area contributed by atoms with Crippen LogP contribution in [0.1, 0.15) is 26.7 Å². The Hall–Kier alpha value is -1.93. The highest BCUT2D eigenvalue weighted by molar-refractivity contribution is 5.80. The Kier molecular flexibility index (Phi) is 3.41. The molecule has 8 nitrogen and oxygen atoms in total. The number of nitrogen functional groups attached to an aromatic ring is 1. The molecule has 108 valence electrons. The van der Waals surface area contributed by atoms with Crippen LogP contribution in [-0.2, 0) is 4.74 Å². The fourth-order valence-corrected chi connectivity index (χ4v) is 2.56. The van der Waals surface area contributed by atoms with E-state index in [9.17, 15) is 0 Å². The van der Waals surface area contributed by atoms with Gasteiger partial charge in [0.25, 0.3) is 0 Å². The molecule has 0 aromatic carbocycles. The molecule has 20 heavy (non-hydrogen) atoms. The van der Waals surface area contributed by atoms with Gasteiger partial charge in [-0.1, -0.05) is 0 Å². The van der Waals surface area contributed by atoms with Gasteiger partial charge in [-0.3, -0.25) is 10.5 Å². The lowest BCUT2D eigenvalue weighted by atomic mass is 10.0. The van der Waals surface area contributed by atoms with Gasteiger partial charge in [0.15, 0.2) is 5.65 Å². The molecule has 1 fully saturated rings. The van der Waals surface area contributed by atoms with Gasteiger partial charge in [0.2, 0.25) is 11.8 Å². The number of nitrogens with one attached hydrogen (secondary N) is 2. The average molecular weight is 278 g/mol. The zero-order valence-electron chi connectivity index (χ0n) is 11.5. The average Bonchev–Trinajstić information content (AvgIpc) is 2.85. The molecular weight excluding hydrogens is 260 g/mol. The fourth-order valence-electron chi connectivity index (χ4n) is 2.56. The lowest BCUT2D eigenvalue weighted by Crippen LogP contribution is -2.36. The summed E-state index contributed by atoms with van der Waals surface area (Å²) in [4.78, 5) is 8.43. The van der Waals surface area contributed by atoms with Gasteiger partial charge in [0.1, 0.15) is 11.5 Å². The number of hydrogen-bond donors (Lipinski definition) is 3. The van der Waals surface area contributed by atoms with E-state index in [-0.39, 0.29) is 18.3 Å². The summed E-state index contributed by atoms with van der Waals surface area (Å²) in [5, 5.41) is 7.49. The summed E-state index contributed by atoms with van der Waals surface area (Å²) in [5.41, 5.74) is 3.02. The summed E-state index contributed by atoms with van der Waals surface area (Å²) in [6.07, 6.45) is 3.73. The molecule has 0 amide bonds. The summed E-state index contributed by atoms with van der Waals surface area (Å²) in [6.45, 7) is 4.10. The van der Waals surface area contributed by atoms with Crippen LogP contribution in [0, 0.1) is 0 Å². The molecule has 0 bridgehead atoms. The maximum Gasteiger partial charge on any atom is 0.242 e. The van der Waals surface area contributed by atoms with Crippen LogP contribution in [0.3, 0.4) is 0 Å². The molecule has 2 unspecified atom stereocenters. The van der Waals surface area contributed by atoms with Crippen molar-refractivity contribution in [2.45, 2.75) is 45.0 Å². The smallest absolute Gasteiger partial charge is 0.242 e. The summed E-state index contributed by atoms with van der Waals surface area (Å²) >= 11 is 0. The highest BCUT2D eigenvalue weighted by Gasteiger charge is 2.27. The molecule has 0 spiro atoms. The first-order valence-corrected chi connectivity index (χ1v) is 6.65. The second-order valence-corrected chi connectivity index (χ2v) is 5.10. The van der Waals surface area contributed by atoms with Gasteiger partial charge in [-0.2, -0.15) is 15.1 Å². The Morgan fingerprint density at radius 2 is 2.10 bits per heavy atom. The van der Waals surface area contributed by atoms with Gasteiger partial charge >= 0.3 is 0 Å². The van der Waals surface area contributed by atoms with Crippen molar-refractivity contribution in [3.8, 4) is 5.88 Å². The molecule has 2 aromatic rings. The molecule has 1 aliphatic heterocycles. The fraction of sp³-hybridized carbons (Fsp3) is 0.583. The largest absolute Gasteiger partial charge is 0.474 e. The first kappa shape index (κ1) is 13.1. The van der Waals surface area contributed by atoms with Crippen LogP contribution < -0.4 is 16.0 Å². The molecular formula is C12H18N6O2. The summed E-state index contributed by atoms with van der Waals surface area (Å²) < 4.78 is 11.7. The predicted octanol–water partition coefficient (Wildman–Crippen LogP) is 0.973. The Bertz CT molecular complexity index is 591. The van der Waals surface area contributed by atoms with Gasteiger partial charge in [-0.25, -0.2) is 5.84 Å². The third-order valence-corrected chi connectivity index (χ3v) is 3.34. The maximum atomic E-state index is 6.02. The lowest BCUT2D eigenvalue weighted by Gasteiger charge is -2.32. The summed E-state index contributed by atoms with van der Waals surface area (Å²) in [7, 11) is 0. The van der Waals surface area contributed by atoms with E-state index in [1.807, 2.05) is 13.8 Å². The van der Waals surface area contributed by atoms with Crippen LogP contribution in [-0.4, -0.2) is 38.5 Å². The molecule has 3 rings (SSSR count). The van der Waals surface area contributed by atoms with Crippen LogP contribution in [0.2, 0.25) is 0 Å². The zero-order valence-corrected chi connectivity index (χ0v) is 11.5. The van der Waals surface area contributed by atoms with Crippen LogP contribution in [0.15, 0.2) is 6.20 Å². The minimum atomic E-state index is 0.0624. The molecule has 8 heteroatoms. The van der Waals surface area contributed by atoms with Crippen molar-refractivity contribution in [3.63, 3.8) is 0 Å². The van der Waals surface area contributed by atoms with Crippen LogP contribution in [0.25, 0.3) is 11.0 Å². The van der Waals surface area contributed by atoms with Crippen molar-refractivity contribution in [1.29, 1.82) is 0 Å². The molecule has 2 aromatic heterocycles. The number of hydrogen-bond acceptors (Lipinski definition) is 7. The molecule has 1 aliphatic rings. The third kappa shape index (κ3) is 2.52. The second-order valence-electron chi connectivity index (χ2n) is 5.10. The molecule has 4 N–H and O–H groups in total. The van der Waals surface area contributed by atoms with Crippen molar-refractivity contribution < 1.29 is 9.47 Å². The molecule has 0 saturated carbocycles. The Balaban J connectivity index is 1.87. The van der Waals surface area contributed by atoms with E-state index < -0.39 is 0 Å². The molecule has 1 saturated heterocycles. The third-order valence-electron chi connectivity index (χ3n) is 3.34. The second kappa shape index (κ2) is 5.22. The first-order chi connectivity index (χ1) is 9.65. The quantitative estimate of drug-likeness (QED) is 0.566. The number of fused-ring (bicyclic) bond motifs is 1. The van der Waals surface area contributed by atoms with Crippen molar-refractivity contribution in [2.75, 3.05) is 5.43 Å². The Labute approximate surface area is 116 Å². The first-order valence-electron chi connectivity index (χ1n) is 6.65. The minimum Gasteiger partial charge on any atom is -0.474 e. The number of nitrogens with zero attached hydrogens (tertiary/aromatic N) is 3. The molecule has 3 heterocycles. The number of anilines is 1. The van der Waals surface area contributed by atoms with Gasteiger partial charge in [-0.05, 0) is 13.8 Å². The van der Waals surface area contributed by atoms with Gasteiger partial charge < -0.3 is 9.47 Å². The monoisotopic (exact) mass is 278 g/mol. The van der Waals surface area contributed by atoms with Crippen molar-refractivity contribution in [3.05, 3.63) is 6.20 Å². The number of aromatic amines is 1. The molecule has 2 atom stereocenters. The van der Waals surface area contributed by atoms with Gasteiger partial charge in [0.05, 0.1) is 18.4 Å². The van der Waals surface area contributed by atoms with E-state index >= 15 is 0 Å². The minimum absolute atomic E-state index is 0.0624. The summed E-state index contributed by atoms with van der Waals surface area (Å²) in [5.74, 6) is 6.16. The van der Waals surface area contributed by atoms with Gasteiger partial charge in [-0.15, -0.1) is 0 Å². The predicted molar refractivity (Wildman–Crippen MR) is 73.2 cm³/mol. The SMILES string of the molecule is CC1CC(Oc2nc(NN)nc3[nH]ncc23)CC(C)O1. The Morgan fingerprint density at radius 3 is 2.80 bits per heavy atom. The Morgan fingerprint density at radius 1 is 1.35 bits per heavy atom. The molecule has 0 aliphatic carbocycles. The van der Waals surface area contributed by atoms with E-state index in [0.717, 1.165) is 18.2 Å².